The van der Waals surface area contributed by atoms with Gasteiger partial charge in [-0.3, -0.25) is 9.69 Å². The second-order valence-corrected chi connectivity index (χ2v) is 6.44. The molecule has 0 bridgehead atoms. The van der Waals surface area contributed by atoms with E-state index >= 15 is 0 Å². The molecule has 0 radical (unpaired) electrons. The number of hydrogen-bond acceptors (Lipinski definition) is 4. The molecule has 4 rings (SSSR count). The molecule has 2 aliphatic rings. The largest absolute Gasteiger partial charge is 0.482 e. The predicted octanol–water partition coefficient (Wildman–Crippen LogP) is 2.44. The number of anilines is 1. The van der Waals surface area contributed by atoms with Gasteiger partial charge in [-0.15, -0.1) is 0 Å². The van der Waals surface area contributed by atoms with E-state index in [2.05, 4.69) is 17.0 Å². The van der Waals surface area contributed by atoms with Gasteiger partial charge in [0.05, 0.1) is 25.4 Å². The van der Waals surface area contributed by atoms with Gasteiger partial charge in [0, 0.05) is 19.6 Å². The summed E-state index contributed by atoms with van der Waals surface area (Å²) in [5.41, 5.74) is 3.17. The van der Waals surface area contributed by atoms with E-state index in [1.54, 1.807) is 0 Å². The Morgan fingerprint density at radius 2 is 1.72 bits per heavy atom. The minimum atomic E-state index is -0.00252. The zero-order chi connectivity index (χ0) is 17.1. The van der Waals surface area contributed by atoms with E-state index in [0.29, 0.717) is 6.54 Å². The third-order valence-corrected chi connectivity index (χ3v) is 4.66. The molecule has 2 heterocycles. The molecule has 0 spiro atoms. The molecule has 2 aromatic rings. The van der Waals surface area contributed by atoms with Crippen LogP contribution in [0.3, 0.4) is 0 Å². The Hall–Kier alpha value is -2.37. The lowest BCUT2D eigenvalue weighted by Gasteiger charge is -2.31. The van der Waals surface area contributed by atoms with Crippen molar-refractivity contribution >= 4 is 11.6 Å². The summed E-state index contributed by atoms with van der Waals surface area (Å²) in [6.07, 6.45) is 0. The minimum Gasteiger partial charge on any atom is -0.482 e. The summed E-state index contributed by atoms with van der Waals surface area (Å²) < 4.78 is 11.1. The van der Waals surface area contributed by atoms with E-state index in [4.69, 9.17) is 9.47 Å². The number of ether oxygens (including phenoxy) is 2. The Morgan fingerprint density at radius 1 is 0.920 bits per heavy atom. The van der Waals surface area contributed by atoms with Crippen LogP contribution in [0.25, 0.3) is 0 Å². The summed E-state index contributed by atoms with van der Waals surface area (Å²) in [5.74, 6) is 0.790. The van der Waals surface area contributed by atoms with Gasteiger partial charge in [0.1, 0.15) is 5.75 Å². The third-order valence-electron chi connectivity index (χ3n) is 4.66. The van der Waals surface area contributed by atoms with Crippen LogP contribution in [-0.2, 0) is 22.6 Å². The Morgan fingerprint density at radius 3 is 2.52 bits per heavy atom. The van der Waals surface area contributed by atoms with Gasteiger partial charge in [-0.05, 0) is 23.3 Å². The first kappa shape index (κ1) is 16.1. The van der Waals surface area contributed by atoms with Crippen molar-refractivity contribution in [3.63, 3.8) is 0 Å². The first-order valence-corrected chi connectivity index (χ1v) is 8.70. The molecule has 130 valence electrons. The second-order valence-electron chi connectivity index (χ2n) is 6.44. The Bertz CT molecular complexity index is 742. The SMILES string of the molecule is O=C1COc2cc(CN3CCOCC3)ccc2N1Cc1ccccc1. The lowest BCUT2D eigenvalue weighted by Crippen LogP contribution is -2.38. The highest BCUT2D eigenvalue weighted by molar-refractivity contribution is 5.97. The molecule has 25 heavy (non-hydrogen) atoms. The lowest BCUT2D eigenvalue weighted by molar-refractivity contribution is -0.121. The van der Waals surface area contributed by atoms with Crippen LogP contribution in [0.4, 0.5) is 5.69 Å². The third kappa shape index (κ3) is 3.67. The van der Waals surface area contributed by atoms with Crippen LogP contribution in [-0.4, -0.2) is 43.7 Å². The van der Waals surface area contributed by atoms with Crippen LogP contribution >= 0.6 is 0 Å². The van der Waals surface area contributed by atoms with Crippen LogP contribution in [0.2, 0.25) is 0 Å². The number of nitrogens with zero attached hydrogens (tertiary/aromatic N) is 2. The Kier molecular flexibility index (Phi) is 4.68. The number of carbonyl (C=O) groups is 1. The highest BCUT2D eigenvalue weighted by atomic mass is 16.5. The lowest BCUT2D eigenvalue weighted by atomic mass is 10.1. The number of carbonyl (C=O) groups excluding carboxylic acids is 1. The first-order valence-electron chi connectivity index (χ1n) is 8.70. The molecule has 2 aromatic carbocycles. The monoisotopic (exact) mass is 338 g/mol. The molecule has 1 saturated heterocycles. The average Bonchev–Trinajstić information content (AvgIpc) is 2.66. The van der Waals surface area contributed by atoms with Crippen molar-refractivity contribution in [2.24, 2.45) is 0 Å². The summed E-state index contributed by atoms with van der Waals surface area (Å²) in [6.45, 7) is 5.04. The summed E-state index contributed by atoms with van der Waals surface area (Å²) in [6, 6.07) is 16.2. The molecule has 0 atom stereocenters. The molecular formula is C20H22N2O3. The molecule has 0 aromatic heterocycles. The van der Waals surface area contributed by atoms with Crippen LogP contribution in [0.15, 0.2) is 48.5 Å². The molecule has 5 nitrogen and oxygen atoms in total. The quantitative estimate of drug-likeness (QED) is 0.859. The molecule has 0 saturated carbocycles. The molecule has 1 fully saturated rings. The van der Waals surface area contributed by atoms with Gasteiger partial charge in [0.15, 0.2) is 6.61 Å². The first-order chi connectivity index (χ1) is 12.3. The molecular weight excluding hydrogens is 316 g/mol. The summed E-state index contributed by atoms with van der Waals surface area (Å²) in [7, 11) is 0. The van der Waals surface area contributed by atoms with E-state index in [1.165, 1.54) is 5.56 Å². The zero-order valence-electron chi connectivity index (χ0n) is 14.2. The fourth-order valence-corrected chi connectivity index (χ4v) is 3.30. The molecule has 1 amide bonds. The van der Waals surface area contributed by atoms with Gasteiger partial charge < -0.3 is 14.4 Å². The van der Waals surface area contributed by atoms with E-state index < -0.39 is 0 Å². The highest BCUT2D eigenvalue weighted by Crippen LogP contribution is 2.34. The van der Waals surface area contributed by atoms with E-state index in [9.17, 15) is 4.79 Å². The average molecular weight is 338 g/mol. The topological polar surface area (TPSA) is 42.0 Å². The molecule has 0 N–H and O–H groups in total. The van der Waals surface area contributed by atoms with Crippen LogP contribution in [0, 0.1) is 0 Å². The number of fused-ring (bicyclic) bond motifs is 1. The number of amides is 1. The van der Waals surface area contributed by atoms with Gasteiger partial charge >= 0.3 is 0 Å². The van der Waals surface area contributed by atoms with Crippen molar-refractivity contribution in [3.05, 3.63) is 59.7 Å². The van der Waals surface area contributed by atoms with E-state index in [0.717, 1.165) is 49.8 Å². The minimum absolute atomic E-state index is 0.00252. The van der Waals surface area contributed by atoms with Gasteiger partial charge in [-0.25, -0.2) is 0 Å². The molecule has 2 aliphatic heterocycles. The van der Waals surface area contributed by atoms with Crippen LogP contribution < -0.4 is 9.64 Å². The second kappa shape index (κ2) is 7.25. The molecule has 0 unspecified atom stereocenters. The molecule has 0 aliphatic carbocycles. The van der Waals surface area contributed by atoms with Crippen molar-refractivity contribution in [2.75, 3.05) is 37.8 Å². The number of benzene rings is 2. The Balaban J connectivity index is 1.54. The van der Waals surface area contributed by atoms with E-state index in [-0.39, 0.29) is 12.5 Å². The standard InChI is InChI=1S/C20H22N2O3/c23-20-15-25-19-12-17(13-21-8-10-24-11-9-21)6-7-18(19)22(20)14-16-4-2-1-3-5-16/h1-7,12H,8-11,13-15H2. The van der Waals surface area contributed by atoms with Crippen molar-refractivity contribution < 1.29 is 14.3 Å². The van der Waals surface area contributed by atoms with Crippen molar-refractivity contribution in [2.45, 2.75) is 13.1 Å². The maximum atomic E-state index is 12.3. The maximum Gasteiger partial charge on any atom is 0.265 e. The summed E-state index contributed by atoms with van der Waals surface area (Å²) in [4.78, 5) is 16.5. The normalized spacial score (nSPS) is 17.9. The van der Waals surface area contributed by atoms with Crippen molar-refractivity contribution in [3.8, 4) is 5.75 Å². The van der Waals surface area contributed by atoms with Crippen molar-refractivity contribution in [1.82, 2.24) is 4.90 Å². The maximum absolute atomic E-state index is 12.3. The summed E-state index contributed by atoms with van der Waals surface area (Å²) in [5, 5.41) is 0. The fourth-order valence-electron chi connectivity index (χ4n) is 3.30. The smallest absolute Gasteiger partial charge is 0.265 e. The molecule has 5 heteroatoms. The van der Waals surface area contributed by atoms with Crippen LogP contribution in [0.5, 0.6) is 5.75 Å². The fraction of sp³-hybridized carbons (Fsp3) is 0.350. The summed E-state index contributed by atoms with van der Waals surface area (Å²) >= 11 is 0. The zero-order valence-corrected chi connectivity index (χ0v) is 14.2. The van der Waals surface area contributed by atoms with Gasteiger partial charge in [0.2, 0.25) is 0 Å². The van der Waals surface area contributed by atoms with Gasteiger partial charge in [-0.1, -0.05) is 36.4 Å². The van der Waals surface area contributed by atoms with E-state index in [1.807, 2.05) is 41.3 Å². The van der Waals surface area contributed by atoms with Gasteiger partial charge in [0.25, 0.3) is 5.91 Å². The highest BCUT2D eigenvalue weighted by Gasteiger charge is 2.26. The van der Waals surface area contributed by atoms with Crippen molar-refractivity contribution in [1.29, 1.82) is 0 Å². The number of rotatable bonds is 4. The van der Waals surface area contributed by atoms with Gasteiger partial charge in [-0.2, -0.15) is 0 Å². The number of hydrogen-bond donors (Lipinski definition) is 0. The van der Waals surface area contributed by atoms with Crippen LogP contribution in [0.1, 0.15) is 11.1 Å². The predicted molar refractivity (Wildman–Crippen MR) is 95.7 cm³/mol. The Labute approximate surface area is 147 Å². The number of morpholine rings is 1.